The summed E-state index contributed by atoms with van der Waals surface area (Å²) in [6, 6.07) is 17.5. The highest BCUT2D eigenvalue weighted by Gasteiger charge is 2.28. The summed E-state index contributed by atoms with van der Waals surface area (Å²) in [5.74, 6) is 0.417. The predicted octanol–water partition coefficient (Wildman–Crippen LogP) is 5.00. The fourth-order valence-electron chi connectivity index (χ4n) is 3.29. The van der Waals surface area contributed by atoms with Gasteiger partial charge in [-0.2, -0.15) is 0 Å². The number of rotatable bonds is 4. The standard InChI is InChI=1S/C19H20ClNO/c20-17-13-7-6-12-16(17)19(22)21-18(15-10-4-5-11-15)14-8-2-1-3-9-14/h1-3,6-9,12-13,15,18H,4-5,10-11H2,(H,21,22)/t18-/m0/s1. The van der Waals surface area contributed by atoms with Crippen LogP contribution in [0.2, 0.25) is 5.02 Å². The lowest BCUT2D eigenvalue weighted by Crippen LogP contribution is -2.32. The van der Waals surface area contributed by atoms with Crippen molar-refractivity contribution in [3.63, 3.8) is 0 Å². The molecular weight excluding hydrogens is 294 g/mol. The zero-order valence-corrected chi connectivity index (χ0v) is 13.2. The van der Waals surface area contributed by atoms with E-state index in [1.54, 1.807) is 12.1 Å². The van der Waals surface area contributed by atoms with Crippen LogP contribution in [0.4, 0.5) is 0 Å². The van der Waals surface area contributed by atoms with Crippen molar-refractivity contribution in [3.8, 4) is 0 Å². The first-order chi connectivity index (χ1) is 10.8. The Bertz CT molecular complexity index is 635. The Morgan fingerprint density at radius 3 is 2.32 bits per heavy atom. The first-order valence-electron chi connectivity index (χ1n) is 7.86. The molecule has 3 heteroatoms. The molecule has 1 fully saturated rings. The van der Waals surface area contributed by atoms with Crippen LogP contribution in [0.25, 0.3) is 0 Å². The van der Waals surface area contributed by atoms with Crippen LogP contribution in [0.5, 0.6) is 0 Å². The van der Waals surface area contributed by atoms with E-state index in [-0.39, 0.29) is 11.9 Å². The molecule has 3 rings (SSSR count). The van der Waals surface area contributed by atoms with Crippen LogP contribution in [0.1, 0.15) is 47.6 Å². The van der Waals surface area contributed by atoms with E-state index in [1.807, 2.05) is 30.3 Å². The van der Waals surface area contributed by atoms with Crippen LogP contribution >= 0.6 is 11.6 Å². The summed E-state index contributed by atoms with van der Waals surface area (Å²) < 4.78 is 0. The van der Waals surface area contributed by atoms with Crippen molar-refractivity contribution in [2.24, 2.45) is 5.92 Å². The number of benzene rings is 2. The molecule has 1 atom stereocenters. The Kier molecular flexibility index (Phi) is 4.79. The molecule has 0 aromatic heterocycles. The van der Waals surface area contributed by atoms with Gasteiger partial charge in [0, 0.05) is 0 Å². The van der Waals surface area contributed by atoms with Gasteiger partial charge in [0.25, 0.3) is 5.91 Å². The zero-order valence-electron chi connectivity index (χ0n) is 12.5. The van der Waals surface area contributed by atoms with Crippen LogP contribution in [-0.2, 0) is 0 Å². The Hall–Kier alpha value is -1.80. The van der Waals surface area contributed by atoms with Gasteiger partial charge in [0.05, 0.1) is 16.6 Å². The third kappa shape index (κ3) is 3.33. The van der Waals surface area contributed by atoms with Crippen LogP contribution < -0.4 is 5.32 Å². The highest BCUT2D eigenvalue weighted by molar-refractivity contribution is 6.33. The Morgan fingerprint density at radius 2 is 1.64 bits per heavy atom. The number of amides is 1. The van der Waals surface area contributed by atoms with Gasteiger partial charge >= 0.3 is 0 Å². The maximum Gasteiger partial charge on any atom is 0.253 e. The second kappa shape index (κ2) is 6.97. The van der Waals surface area contributed by atoms with Crippen LogP contribution in [0.3, 0.4) is 0 Å². The summed E-state index contributed by atoms with van der Waals surface area (Å²) in [4.78, 5) is 12.6. The monoisotopic (exact) mass is 313 g/mol. The summed E-state index contributed by atoms with van der Waals surface area (Å²) in [7, 11) is 0. The summed E-state index contributed by atoms with van der Waals surface area (Å²) in [5, 5.41) is 3.71. The molecular formula is C19H20ClNO. The average molecular weight is 314 g/mol. The summed E-state index contributed by atoms with van der Waals surface area (Å²) >= 11 is 6.15. The summed E-state index contributed by atoms with van der Waals surface area (Å²) in [5.41, 5.74) is 1.72. The molecule has 0 saturated heterocycles. The SMILES string of the molecule is O=C(N[C@@H](c1ccccc1)C1CCCC1)c1ccccc1Cl. The van der Waals surface area contributed by atoms with E-state index in [0.717, 1.165) is 0 Å². The van der Waals surface area contributed by atoms with E-state index in [0.29, 0.717) is 16.5 Å². The first kappa shape index (κ1) is 15.1. The topological polar surface area (TPSA) is 29.1 Å². The van der Waals surface area contributed by atoms with Gasteiger partial charge in [-0.15, -0.1) is 0 Å². The lowest BCUT2D eigenvalue weighted by Gasteiger charge is -2.25. The van der Waals surface area contributed by atoms with E-state index in [4.69, 9.17) is 11.6 Å². The molecule has 1 amide bonds. The van der Waals surface area contributed by atoms with Crippen molar-refractivity contribution in [3.05, 3.63) is 70.7 Å². The molecule has 0 heterocycles. The first-order valence-corrected chi connectivity index (χ1v) is 8.24. The molecule has 22 heavy (non-hydrogen) atoms. The van der Waals surface area contributed by atoms with Crippen molar-refractivity contribution >= 4 is 17.5 Å². The average Bonchev–Trinajstić information content (AvgIpc) is 3.08. The van der Waals surface area contributed by atoms with Gasteiger partial charge in [-0.1, -0.05) is 66.9 Å². The fourth-order valence-corrected chi connectivity index (χ4v) is 3.51. The molecule has 114 valence electrons. The number of halogens is 1. The third-order valence-corrected chi connectivity index (χ3v) is 4.76. The van der Waals surface area contributed by atoms with Gasteiger partial charge in [0.1, 0.15) is 0 Å². The van der Waals surface area contributed by atoms with Crippen LogP contribution in [0.15, 0.2) is 54.6 Å². The van der Waals surface area contributed by atoms with Gasteiger partial charge in [0.15, 0.2) is 0 Å². The number of nitrogens with one attached hydrogen (secondary N) is 1. The Morgan fingerprint density at radius 1 is 1.00 bits per heavy atom. The van der Waals surface area contributed by atoms with Crippen molar-refractivity contribution in [2.75, 3.05) is 0 Å². The molecule has 1 saturated carbocycles. The number of hydrogen-bond donors (Lipinski definition) is 1. The predicted molar refractivity (Wildman–Crippen MR) is 90.1 cm³/mol. The fraction of sp³-hybridized carbons (Fsp3) is 0.316. The normalized spacial score (nSPS) is 16.4. The number of hydrogen-bond acceptors (Lipinski definition) is 1. The van der Waals surface area contributed by atoms with Gasteiger partial charge in [-0.3, -0.25) is 4.79 Å². The van der Waals surface area contributed by atoms with Crippen LogP contribution in [-0.4, -0.2) is 5.91 Å². The van der Waals surface area contributed by atoms with Crippen molar-refractivity contribution in [2.45, 2.75) is 31.7 Å². The van der Waals surface area contributed by atoms with Crippen molar-refractivity contribution < 1.29 is 4.79 Å². The van der Waals surface area contributed by atoms with E-state index in [9.17, 15) is 4.79 Å². The molecule has 1 aliphatic carbocycles. The quantitative estimate of drug-likeness (QED) is 0.845. The molecule has 1 aliphatic rings. The minimum absolute atomic E-state index is 0.0625. The molecule has 2 nitrogen and oxygen atoms in total. The lowest BCUT2D eigenvalue weighted by molar-refractivity contribution is 0.0922. The van der Waals surface area contributed by atoms with Crippen LogP contribution in [0, 0.1) is 5.92 Å². The number of carbonyl (C=O) groups excluding carboxylic acids is 1. The molecule has 0 aliphatic heterocycles. The zero-order chi connectivity index (χ0) is 15.4. The number of carbonyl (C=O) groups is 1. The molecule has 1 N–H and O–H groups in total. The Labute approximate surface area is 136 Å². The van der Waals surface area contributed by atoms with E-state index >= 15 is 0 Å². The largest absolute Gasteiger partial charge is 0.345 e. The third-order valence-electron chi connectivity index (χ3n) is 4.44. The summed E-state index contributed by atoms with van der Waals surface area (Å²) in [6.07, 6.45) is 4.83. The van der Waals surface area contributed by atoms with Gasteiger partial charge in [0.2, 0.25) is 0 Å². The highest BCUT2D eigenvalue weighted by Crippen LogP contribution is 2.36. The van der Waals surface area contributed by atoms with Crippen molar-refractivity contribution in [1.29, 1.82) is 0 Å². The molecule has 0 bridgehead atoms. The summed E-state index contributed by atoms with van der Waals surface area (Å²) in [6.45, 7) is 0. The van der Waals surface area contributed by atoms with Gasteiger partial charge in [-0.25, -0.2) is 0 Å². The molecule has 0 unspecified atom stereocenters. The van der Waals surface area contributed by atoms with Gasteiger partial charge in [-0.05, 0) is 36.5 Å². The Balaban J connectivity index is 1.84. The maximum absolute atomic E-state index is 12.6. The molecule has 0 radical (unpaired) electrons. The molecule has 2 aromatic carbocycles. The molecule has 2 aromatic rings. The lowest BCUT2D eigenvalue weighted by atomic mass is 9.91. The van der Waals surface area contributed by atoms with E-state index in [1.165, 1.54) is 31.2 Å². The van der Waals surface area contributed by atoms with Crippen molar-refractivity contribution in [1.82, 2.24) is 5.32 Å². The van der Waals surface area contributed by atoms with E-state index in [2.05, 4.69) is 17.4 Å². The second-order valence-corrected chi connectivity index (χ2v) is 6.29. The highest BCUT2D eigenvalue weighted by atomic mass is 35.5. The molecule has 0 spiro atoms. The smallest absolute Gasteiger partial charge is 0.253 e. The van der Waals surface area contributed by atoms with E-state index < -0.39 is 0 Å². The minimum Gasteiger partial charge on any atom is -0.345 e. The van der Waals surface area contributed by atoms with Gasteiger partial charge < -0.3 is 5.32 Å². The maximum atomic E-state index is 12.6. The second-order valence-electron chi connectivity index (χ2n) is 5.89. The minimum atomic E-state index is -0.0913.